The highest BCUT2D eigenvalue weighted by Gasteiger charge is 2.62. The van der Waals surface area contributed by atoms with E-state index in [1.807, 2.05) is 91.0 Å². The minimum Gasteiger partial charge on any atom is -0.523 e. The molecule has 0 bridgehead atoms. The van der Waals surface area contributed by atoms with Crippen molar-refractivity contribution >= 4 is 21.4 Å². The van der Waals surface area contributed by atoms with Crippen molar-refractivity contribution in [2.45, 2.75) is 11.5 Å². The second-order valence-electron chi connectivity index (χ2n) is 8.67. The van der Waals surface area contributed by atoms with Crippen molar-refractivity contribution in [2.75, 3.05) is 0 Å². The number of benzene rings is 4. The lowest BCUT2D eigenvalue weighted by Crippen LogP contribution is -2.52. The Bertz CT molecular complexity index is 1240. The van der Waals surface area contributed by atoms with Gasteiger partial charge >= 0.3 is 21.4 Å². The maximum absolute atomic E-state index is 6.33. The standard InChI is InChI=1S/C26H19B3O6/c1-2-10-18(11-3-1)25(27-30-19-12-4-5-13-20(19)31-27)26(28-32-21-14-6-7-15-22(21)33-28)29-34-23-16-8-9-17-24(23)35-29/h1-17,25-26H. The fraction of sp³-hybridized carbons (Fsp3) is 0.0769. The van der Waals surface area contributed by atoms with Gasteiger partial charge in [-0.2, -0.15) is 0 Å². The van der Waals surface area contributed by atoms with Gasteiger partial charge in [0.25, 0.3) is 0 Å². The fourth-order valence-corrected chi connectivity index (χ4v) is 4.92. The third-order valence-corrected chi connectivity index (χ3v) is 6.53. The minimum atomic E-state index is -0.687. The van der Waals surface area contributed by atoms with Gasteiger partial charge in [0.2, 0.25) is 0 Å². The molecule has 0 saturated carbocycles. The Morgan fingerprint density at radius 3 is 1.06 bits per heavy atom. The molecule has 35 heavy (non-hydrogen) atoms. The van der Waals surface area contributed by atoms with Crippen molar-refractivity contribution in [3.63, 3.8) is 0 Å². The predicted molar refractivity (Wildman–Crippen MR) is 133 cm³/mol. The smallest absolute Gasteiger partial charge is 0.523 e. The SMILES string of the molecule is c1ccc(C(B2Oc3ccccc3O2)C(B2Oc3ccccc3O2)B2Oc3ccccc3O2)cc1. The number of hydrogen-bond donors (Lipinski definition) is 0. The van der Waals surface area contributed by atoms with Gasteiger partial charge in [0.15, 0.2) is 0 Å². The number of rotatable bonds is 5. The Labute approximate surface area is 204 Å². The molecule has 0 N–H and O–H groups in total. The van der Waals surface area contributed by atoms with Crippen molar-refractivity contribution in [2.24, 2.45) is 0 Å². The number of hydrogen-bond acceptors (Lipinski definition) is 6. The first-order chi connectivity index (χ1) is 17.3. The zero-order chi connectivity index (χ0) is 23.2. The van der Waals surface area contributed by atoms with Crippen molar-refractivity contribution in [3.05, 3.63) is 109 Å². The van der Waals surface area contributed by atoms with Crippen LogP contribution in [0.25, 0.3) is 0 Å². The highest BCUT2D eigenvalue weighted by molar-refractivity contribution is 6.73. The predicted octanol–water partition coefficient (Wildman–Crippen LogP) is 5.10. The molecule has 6 nitrogen and oxygen atoms in total. The van der Waals surface area contributed by atoms with Gasteiger partial charge in [-0.15, -0.1) is 0 Å². The van der Waals surface area contributed by atoms with Crippen LogP contribution in [-0.4, -0.2) is 21.4 Å². The molecule has 1 atom stereocenters. The van der Waals surface area contributed by atoms with E-state index in [1.165, 1.54) is 0 Å². The zero-order valence-electron chi connectivity index (χ0n) is 18.7. The minimum absolute atomic E-state index is 0.345. The fourth-order valence-electron chi connectivity index (χ4n) is 4.92. The summed E-state index contributed by atoms with van der Waals surface area (Å²) >= 11 is 0. The maximum atomic E-state index is 6.33. The lowest BCUT2D eigenvalue weighted by molar-refractivity contribution is 0.417. The topological polar surface area (TPSA) is 55.4 Å². The number of fused-ring (bicyclic) bond motifs is 3. The first kappa shape index (κ1) is 20.3. The van der Waals surface area contributed by atoms with E-state index in [4.69, 9.17) is 27.9 Å². The van der Waals surface area contributed by atoms with E-state index >= 15 is 0 Å². The molecule has 0 spiro atoms. The summed E-state index contributed by atoms with van der Waals surface area (Å²) < 4.78 is 38.0. The monoisotopic (exact) mass is 460 g/mol. The van der Waals surface area contributed by atoms with Crippen LogP contribution in [0.1, 0.15) is 11.4 Å². The third kappa shape index (κ3) is 3.55. The summed E-state index contributed by atoms with van der Waals surface area (Å²) in [5.41, 5.74) is 0.554. The van der Waals surface area contributed by atoms with E-state index < -0.39 is 27.1 Å². The second kappa shape index (κ2) is 8.27. The molecule has 3 heterocycles. The quantitative estimate of drug-likeness (QED) is 0.387. The van der Waals surface area contributed by atoms with Gasteiger partial charge in [0.05, 0.1) is 11.5 Å². The van der Waals surface area contributed by atoms with Gasteiger partial charge in [0, 0.05) is 0 Å². The number of para-hydroxylation sites is 6. The Hall–Kier alpha value is -4.13. The normalized spacial score (nSPS) is 15.6. The Kier molecular flexibility index (Phi) is 4.79. The molecular formula is C26H19B3O6. The molecule has 3 aliphatic rings. The molecule has 0 fully saturated rings. The summed E-state index contributed by atoms with van der Waals surface area (Å²) in [6.45, 7) is 0. The molecule has 3 aliphatic heterocycles. The molecule has 0 radical (unpaired) electrons. The molecule has 4 aromatic rings. The van der Waals surface area contributed by atoms with Crippen LogP contribution < -0.4 is 27.9 Å². The van der Waals surface area contributed by atoms with Gasteiger partial charge in [-0.3, -0.25) is 0 Å². The largest absolute Gasteiger partial charge is 0.602 e. The molecule has 0 aliphatic carbocycles. The average Bonchev–Trinajstić information content (AvgIpc) is 3.63. The van der Waals surface area contributed by atoms with E-state index in [2.05, 4.69) is 12.1 Å². The van der Waals surface area contributed by atoms with Crippen LogP contribution in [0.3, 0.4) is 0 Å². The highest BCUT2D eigenvalue weighted by atomic mass is 16.7. The molecule has 7 rings (SSSR count). The molecule has 0 saturated heterocycles. The average molecular weight is 460 g/mol. The van der Waals surface area contributed by atoms with Crippen LogP contribution in [0.15, 0.2) is 103 Å². The molecule has 4 aromatic carbocycles. The lowest BCUT2D eigenvalue weighted by Gasteiger charge is -2.28. The van der Waals surface area contributed by atoms with Crippen molar-refractivity contribution in [1.82, 2.24) is 0 Å². The molecule has 1 unspecified atom stereocenters. The summed E-state index contributed by atoms with van der Waals surface area (Å²) in [6, 6.07) is 33.0. The first-order valence-corrected chi connectivity index (χ1v) is 11.7. The van der Waals surface area contributed by atoms with Crippen molar-refractivity contribution in [3.8, 4) is 34.5 Å². The summed E-state index contributed by atoms with van der Waals surface area (Å²) in [4.78, 5) is 0. The first-order valence-electron chi connectivity index (χ1n) is 11.7. The molecule has 168 valence electrons. The van der Waals surface area contributed by atoms with Gasteiger partial charge in [-0.05, 0) is 42.0 Å². The van der Waals surface area contributed by atoms with E-state index in [1.54, 1.807) is 0 Å². The zero-order valence-corrected chi connectivity index (χ0v) is 18.7. The van der Waals surface area contributed by atoms with Gasteiger partial charge in [-0.25, -0.2) is 0 Å². The summed E-state index contributed by atoms with van der Waals surface area (Å²) in [5, 5.41) is 0. The van der Waals surface area contributed by atoms with Crippen LogP contribution in [-0.2, 0) is 0 Å². The van der Waals surface area contributed by atoms with Crippen LogP contribution >= 0.6 is 0 Å². The van der Waals surface area contributed by atoms with E-state index in [0.29, 0.717) is 34.5 Å². The molecule has 9 heteroatoms. The molecular weight excluding hydrogens is 441 g/mol. The second-order valence-corrected chi connectivity index (χ2v) is 8.67. The summed E-state index contributed by atoms with van der Waals surface area (Å²) in [5.74, 6) is 3.78. The third-order valence-electron chi connectivity index (χ3n) is 6.53. The van der Waals surface area contributed by atoms with Crippen LogP contribution in [0.4, 0.5) is 0 Å². The van der Waals surface area contributed by atoms with Crippen molar-refractivity contribution < 1.29 is 27.9 Å². The van der Waals surface area contributed by atoms with Gasteiger partial charge in [0.1, 0.15) is 34.5 Å². The maximum Gasteiger partial charge on any atom is 0.602 e. The van der Waals surface area contributed by atoms with E-state index in [-0.39, 0.29) is 5.82 Å². The lowest BCUT2D eigenvalue weighted by atomic mass is 9.39. The molecule has 0 aromatic heterocycles. The Morgan fingerprint density at radius 2 is 0.686 bits per heavy atom. The van der Waals surface area contributed by atoms with Gasteiger partial charge < -0.3 is 27.9 Å². The molecule has 0 amide bonds. The Balaban J connectivity index is 1.31. The van der Waals surface area contributed by atoms with Crippen LogP contribution in [0, 0.1) is 0 Å². The van der Waals surface area contributed by atoms with E-state index in [0.717, 1.165) is 5.56 Å². The van der Waals surface area contributed by atoms with Crippen molar-refractivity contribution in [1.29, 1.82) is 0 Å². The van der Waals surface area contributed by atoms with E-state index in [9.17, 15) is 0 Å². The summed E-state index contributed by atoms with van der Waals surface area (Å²) in [7, 11) is -2.01. The summed E-state index contributed by atoms with van der Waals surface area (Å²) in [6.07, 6.45) is 0. The Morgan fingerprint density at radius 1 is 0.371 bits per heavy atom. The van der Waals surface area contributed by atoms with Crippen LogP contribution in [0.2, 0.25) is 5.72 Å². The highest BCUT2D eigenvalue weighted by Crippen LogP contribution is 2.48. The van der Waals surface area contributed by atoms with Crippen LogP contribution in [0.5, 0.6) is 34.5 Å². The van der Waals surface area contributed by atoms with Gasteiger partial charge in [-0.1, -0.05) is 66.7 Å².